The maximum absolute atomic E-state index is 11.6. The summed E-state index contributed by atoms with van der Waals surface area (Å²) in [5, 5.41) is 2.94. The average Bonchev–Trinajstić information content (AvgIpc) is 2.12. The van der Waals surface area contributed by atoms with E-state index >= 15 is 0 Å². The van der Waals surface area contributed by atoms with Crippen LogP contribution in [0.25, 0.3) is 0 Å². The molecule has 0 aromatic carbocycles. The molecule has 3 heteroatoms. The van der Waals surface area contributed by atoms with Crippen LogP contribution < -0.4 is 11.1 Å². The van der Waals surface area contributed by atoms with Crippen molar-refractivity contribution in [1.29, 1.82) is 0 Å². The van der Waals surface area contributed by atoms with E-state index < -0.39 is 0 Å². The number of nitrogens with one attached hydrogen (secondary N) is 1. The normalized spacial score (nSPS) is 21.1. The van der Waals surface area contributed by atoms with Crippen molar-refractivity contribution in [2.24, 2.45) is 17.6 Å². The summed E-state index contributed by atoms with van der Waals surface area (Å²) in [7, 11) is 0. The number of nitrogens with two attached hydrogens (primary N) is 1. The van der Waals surface area contributed by atoms with Crippen molar-refractivity contribution in [1.82, 2.24) is 5.32 Å². The van der Waals surface area contributed by atoms with Crippen molar-refractivity contribution in [2.45, 2.75) is 45.6 Å². The molecule has 1 aliphatic carbocycles. The monoisotopic (exact) mass is 198 g/mol. The van der Waals surface area contributed by atoms with Crippen LogP contribution in [-0.4, -0.2) is 18.5 Å². The van der Waals surface area contributed by atoms with Gasteiger partial charge in [0.25, 0.3) is 0 Å². The maximum atomic E-state index is 11.6. The molecular weight excluding hydrogens is 176 g/mol. The predicted octanol–water partition coefficient (Wildman–Crippen LogP) is 1.28. The first-order valence-corrected chi connectivity index (χ1v) is 5.68. The Hall–Kier alpha value is -0.570. The van der Waals surface area contributed by atoms with Crippen molar-refractivity contribution >= 4 is 5.91 Å². The Morgan fingerprint density at radius 1 is 1.57 bits per heavy atom. The Morgan fingerprint density at radius 2 is 2.21 bits per heavy atom. The zero-order chi connectivity index (χ0) is 10.6. The molecule has 1 amide bonds. The first-order valence-electron chi connectivity index (χ1n) is 5.68. The summed E-state index contributed by atoms with van der Waals surface area (Å²) in [6, 6.07) is -0.333. The van der Waals surface area contributed by atoms with E-state index in [0.717, 1.165) is 13.0 Å². The lowest BCUT2D eigenvalue weighted by Crippen LogP contribution is -2.46. The highest BCUT2D eigenvalue weighted by Crippen LogP contribution is 2.25. The molecule has 0 spiro atoms. The number of rotatable bonds is 5. The van der Waals surface area contributed by atoms with E-state index in [2.05, 4.69) is 12.2 Å². The van der Waals surface area contributed by atoms with E-state index in [1.165, 1.54) is 19.3 Å². The van der Waals surface area contributed by atoms with Crippen molar-refractivity contribution < 1.29 is 4.79 Å². The quantitative estimate of drug-likeness (QED) is 0.699. The van der Waals surface area contributed by atoms with Crippen molar-refractivity contribution in [3.05, 3.63) is 0 Å². The van der Waals surface area contributed by atoms with Gasteiger partial charge in [-0.1, -0.05) is 26.7 Å². The van der Waals surface area contributed by atoms with Gasteiger partial charge < -0.3 is 11.1 Å². The summed E-state index contributed by atoms with van der Waals surface area (Å²) < 4.78 is 0. The molecule has 0 aromatic heterocycles. The minimum atomic E-state index is -0.333. The minimum absolute atomic E-state index is 0.0197. The third-order valence-electron chi connectivity index (χ3n) is 3.35. The van der Waals surface area contributed by atoms with Gasteiger partial charge in [-0.25, -0.2) is 0 Å². The highest BCUT2D eigenvalue weighted by atomic mass is 16.2. The van der Waals surface area contributed by atoms with E-state index in [0.29, 0.717) is 5.92 Å². The summed E-state index contributed by atoms with van der Waals surface area (Å²) in [6.45, 7) is 4.90. The Labute approximate surface area is 86.4 Å². The number of carbonyl (C=O) groups is 1. The molecule has 3 N–H and O–H groups in total. The lowest BCUT2D eigenvalue weighted by molar-refractivity contribution is -0.123. The van der Waals surface area contributed by atoms with Crippen LogP contribution in [0.1, 0.15) is 39.5 Å². The largest absolute Gasteiger partial charge is 0.354 e. The van der Waals surface area contributed by atoms with E-state index in [1.54, 1.807) is 0 Å². The lowest BCUT2D eigenvalue weighted by Gasteiger charge is -2.26. The zero-order valence-electron chi connectivity index (χ0n) is 9.25. The SMILES string of the molecule is CCC(C)C(N)C(=O)NCC1CCC1. The Kier molecular flexibility index (Phi) is 4.39. The third-order valence-corrected chi connectivity index (χ3v) is 3.35. The van der Waals surface area contributed by atoms with Gasteiger partial charge in [-0.05, 0) is 24.7 Å². The Balaban J connectivity index is 2.18. The molecule has 2 atom stereocenters. The molecule has 0 aromatic rings. The minimum Gasteiger partial charge on any atom is -0.354 e. The second-order valence-corrected chi connectivity index (χ2v) is 4.45. The molecular formula is C11H22N2O. The zero-order valence-corrected chi connectivity index (χ0v) is 9.25. The molecule has 0 radical (unpaired) electrons. The number of hydrogen-bond acceptors (Lipinski definition) is 2. The average molecular weight is 198 g/mol. The summed E-state index contributed by atoms with van der Waals surface area (Å²) in [6.07, 6.45) is 4.80. The van der Waals surface area contributed by atoms with Gasteiger partial charge in [-0.2, -0.15) is 0 Å². The van der Waals surface area contributed by atoms with Gasteiger partial charge >= 0.3 is 0 Å². The van der Waals surface area contributed by atoms with Gasteiger partial charge in [0.05, 0.1) is 6.04 Å². The predicted molar refractivity (Wildman–Crippen MR) is 57.8 cm³/mol. The number of carbonyl (C=O) groups excluding carboxylic acids is 1. The van der Waals surface area contributed by atoms with E-state index in [4.69, 9.17) is 5.73 Å². The lowest BCUT2D eigenvalue weighted by atomic mass is 9.85. The molecule has 0 heterocycles. The van der Waals surface area contributed by atoms with Gasteiger partial charge in [0, 0.05) is 6.54 Å². The maximum Gasteiger partial charge on any atom is 0.237 e. The molecule has 82 valence electrons. The van der Waals surface area contributed by atoms with Crippen LogP contribution in [0.4, 0.5) is 0 Å². The van der Waals surface area contributed by atoms with Crippen molar-refractivity contribution in [3.63, 3.8) is 0 Å². The van der Waals surface area contributed by atoms with E-state index in [-0.39, 0.29) is 17.9 Å². The number of amides is 1. The molecule has 2 unspecified atom stereocenters. The molecule has 1 saturated carbocycles. The van der Waals surface area contributed by atoms with Gasteiger partial charge in [0.1, 0.15) is 0 Å². The van der Waals surface area contributed by atoms with Crippen LogP contribution in [0.2, 0.25) is 0 Å². The van der Waals surface area contributed by atoms with Crippen LogP contribution in [0.5, 0.6) is 0 Å². The summed E-state index contributed by atoms with van der Waals surface area (Å²) in [4.78, 5) is 11.6. The second-order valence-electron chi connectivity index (χ2n) is 4.45. The first-order chi connectivity index (χ1) is 6.65. The molecule has 1 rings (SSSR count). The Morgan fingerprint density at radius 3 is 2.64 bits per heavy atom. The van der Waals surface area contributed by atoms with Gasteiger partial charge in [-0.15, -0.1) is 0 Å². The third kappa shape index (κ3) is 2.98. The van der Waals surface area contributed by atoms with Gasteiger partial charge in [-0.3, -0.25) is 4.79 Å². The molecule has 14 heavy (non-hydrogen) atoms. The van der Waals surface area contributed by atoms with Crippen molar-refractivity contribution in [3.8, 4) is 0 Å². The Bertz CT molecular complexity index is 190. The molecule has 1 fully saturated rings. The molecule has 0 saturated heterocycles. The van der Waals surface area contributed by atoms with Crippen LogP contribution in [0, 0.1) is 11.8 Å². The smallest absolute Gasteiger partial charge is 0.237 e. The second kappa shape index (κ2) is 5.35. The summed E-state index contributed by atoms with van der Waals surface area (Å²) in [5.41, 5.74) is 5.80. The fourth-order valence-corrected chi connectivity index (χ4v) is 1.57. The standard InChI is InChI=1S/C11H22N2O/c1-3-8(2)10(12)11(14)13-7-9-5-4-6-9/h8-10H,3-7,12H2,1-2H3,(H,13,14). The van der Waals surface area contributed by atoms with Crippen LogP contribution >= 0.6 is 0 Å². The fraction of sp³-hybridized carbons (Fsp3) is 0.909. The molecule has 0 aliphatic heterocycles. The summed E-state index contributed by atoms with van der Waals surface area (Å²) >= 11 is 0. The topological polar surface area (TPSA) is 55.1 Å². The van der Waals surface area contributed by atoms with Crippen molar-refractivity contribution in [2.75, 3.05) is 6.54 Å². The highest BCUT2D eigenvalue weighted by Gasteiger charge is 2.22. The molecule has 3 nitrogen and oxygen atoms in total. The summed E-state index contributed by atoms with van der Waals surface area (Å²) in [5.74, 6) is 1.01. The van der Waals surface area contributed by atoms with Crippen LogP contribution in [0.3, 0.4) is 0 Å². The highest BCUT2D eigenvalue weighted by molar-refractivity contribution is 5.81. The number of hydrogen-bond donors (Lipinski definition) is 2. The van der Waals surface area contributed by atoms with Gasteiger partial charge in [0.15, 0.2) is 0 Å². The molecule has 0 bridgehead atoms. The van der Waals surface area contributed by atoms with Crippen LogP contribution in [0.15, 0.2) is 0 Å². The van der Waals surface area contributed by atoms with Gasteiger partial charge in [0.2, 0.25) is 5.91 Å². The van der Waals surface area contributed by atoms with E-state index in [1.807, 2.05) is 6.92 Å². The fourth-order valence-electron chi connectivity index (χ4n) is 1.57. The molecule has 1 aliphatic rings. The van der Waals surface area contributed by atoms with E-state index in [9.17, 15) is 4.79 Å². The van der Waals surface area contributed by atoms with Crippen LogP contribution in [-0.2, 0) is 4.79 Å². The first kappa shape index (κ1) is 11.5.